The lowest BCUT2D eigenvalue weighted by Crippen LogP contribution is -2.43. The van der Waals surface area contributed by atoms with Crippen LogP contribution in [0.15, 0.2) is 0 Å². The van der Waals surface area contributed by atoms with Gasteiger partial charge in [0, 0.05) is 6.54 Å². The Hall–Kier alpha value is -1.01. The third-order valence-electron chi connectivity index (χ3n) is 1.91. The Kier molecular flexibility index (Phi) is 5.53. The predicted octanol–water partition coefficient (Wildman–Crippen LogP) is 0.472. The number of carboxylic acids is 2. The van der Waals surface area contributed by atoms with Gasteiger partial charge in [-0.1, -0.05) is 23.2 Å². The summed E-state index contributed by atoms with van der Waals surface area (Å²) < 4.78 is 0. The van der Waals surface area contributed by atoms with Gasteiger partial charge in [-0.2, -0.15) is 0 Å². The standard InChI is InChI=1S/C8H11Cl2NO5/c1-8(7(15)16,2-4(12)13)3-11-6(14)5(9)10/h5H,2-3H2,1H3,(H,11,14)(H,12,13)(H,15,16). The molecule has 1 unspecified atom stereocenters. The molecule has 0 fully saturated rings. The molecule has 0 aliphatic carbocycles. The molecule has 1 atom stereocenters. The molecule has 0 heterocycles. The Morgan fingerprint density at radius 1 is 1.31 bits per heavy atom. The topological polar surface area (TPSA) is 104 Å². The number of halogens is 2. The fourth-order valence-electron chi connectivity index (χ4n) is 0.907. The molecule has 0 rings (SSSR count). The molecule has 0 saturated carbocycles. The van der Waals surface area contributed by atoms with Crippen molar-refractivity contribution in [1.82, 2.24) is 5.32 Å². The zero-order chi connectivity index (χ0) is 12.9. The number of rotatable bonds is 6. The van der Waals surface area contributed by atoms with E-state index in [1.165, 1.54) is 6.92 Å². The maximum Gasteiger partial charge on any atom is 0.311 e. The summed E-state index contributed by atoms with van der Waals surface area (Å²) in [5, 5.41) is 19.6. The molecule has 0 aromatic carbocycles. The number of carbonyl (C=O) groups is 3. The summed E-state index contributed by atoms with van der Waals surface area (Å²) in [5.41, 5.74) is -1.59. The normalized spacial score (nSPS) is 14.2. The third kappa shape index (κ3) is 4.67. The Labute approximate surface area is 102 Å². The van der Waals surface area contributed by atoms with Crippen LogP contribution in [0.5, 0.6) is 0 Å². The van der Waals surface area contributed by atoms with Gasteiger partial charge in [0.2, 0.25) is 0 Å². The van der Waals surface area contributed by atoms with Crippen LogP contribution in [-0.4, -0.2) is 39.4 Å². The summed E-state index contributed by atoms with van der Waals surface area (Å²) in [7, 11) is 0. The second kappa shape index (κ2) is 5.91. The van der Waals surface area contributed by atoms with Crippen molar-refractivity contribution in [3.63, 3.8) is 0 Å². The van der Waals surface area contributed by atoms with E-state index < -0.39 is 34.5 Å². The van der Waals surface area contributed by atoms with E-state index in [1.807, 2.05) is 0 Å². The molecular weight excluding hydrogens is 261 g/mol. The molecule has 0 aromatic rings. The van der Waals surface area contributed by atoms with Crippen LogP contribution >= 0.6 is 23.2 Å². The second-order valence-electron chi connectivity index (χ2n) is 3.45. The summed E-state index contributed by atoms with van der Waals surface area (Å²) in [6.07, 6.45) is -0.613. The molecule has 0 spiro atoms. The van der Waals surface area contributed by atoms with Crippen LogP contribution in [0.2, 0.25) is 0 Å². The highest BCUT2D eigenvalue weighted by Gasteiger charge is 2.36. The zero-order valence-corrected chi connectivity index (χ0v) is 9.88. The van der Waals surface area contributed by atoms with Crippen LogP contribution in [0.4, 0.5) is 0 Å². The van der Waals surface area contributed by atoms with Gasteiger partial charge in [0.05, 0.1) is 11.8 Å². The van der Waals surface area contributed by atoms with E-state index in [4.69, 9.17) is 33.4 Å². The van der Waals surface area contributed by atoms with Gasteiger partial charge < -0.3 is 15.5 Å². The number of carboxylic acid groups (broad SMARTS) is 2. The number of alkyl halides is 2. The Morgan fingerprint density at radius 2 is 1.81 bits per heavy atom. The van der Waals surface area contributed by atoms with Crippen molar-refractivity contribution < 1.29 is 24.6 Å². The molecule has 0 aliphatic rings. The monoisotopic (exact) mass is 271 g/mol. The molecular formula is C8H11Cl2NO5. The molecule has 1 amide bonds. The van der Waals surface area contributed by atoms with Crippen LogP contribution in [-0.2, 0) is 14.4 Å². The first kappa shape index (κ1) is 15.0. The Bertz CT molecular complexity index is 307. The molecule has 8 heteroatoms. The minimum Gasteiger partial charge on any atom is -0.481 e. The van der Waals surface area contributed by atoms with Gasteiger partial charge in [-0.05, 0) is 6.92 Å². The highest BCUT2D eigenvalue weighted by Crippen LogP contribution is 2.21. The maximum atomic E-state index is 11.0. The number of nitrogens with one attached hydrogen (secondary N) is 1. The molecule has 3 N–H and O–H groups in total. The van der Waals surface area contributed by atoms with Crippen molar-refractivity contribution in [3.8, 4) is 0 Å². The van der Waals surface area contributed by atoms with Gasteiger partial charge in [0.25, 0.3) is 5.91 Å². The smallest absolute Gasteiger partial charge is 0.311 e. The molecule has 92 valence electrons. The van der Waals surface area contributed by atoms with Crippen LogP contribution < -0.4 is 5.32 Å². The van der Waals surface area contributed by atoms with Crippen molar-refractivity contribution >= 4 is 41.0 Å². The first-order chi connectivity index (χ1) is 7.19. The molecule has 16 heavy (non-hydrogen) atoms. The lowest BCUT2D eigenvalue weighted by Gasteiger charge is -2.23. The third-order valence-corrected chi connectivity index (χ3v) is 2.31. The van der Waals surface area contributed by atoms with E-state index in [0.29, 0.717) is 0 Å². The fraction of sp³-hybridized carbons (Fsp3) is 0.625. The van der Waals surface area contributed by atoms with Crippen LogP contribution in [0.3, 0.4) is 0 Å². The van der Waals surface area contributed by atoms with E-state index in [9.17, 15) is 14.4 Å². The van der Waals surface area contributed by atoms with Crippen LogP contribution in [0.1, 0.15) is 13.3 Å². The largest absolute Gasteiger partial charge is 0.481 e. The van der Waals surface area contributed by atoms with Gasteiger partial charge in [0.15, 0.2) is 4.84 Å². The molecule has 0 radical (unpaired) electrons. The Balaban J connectivity index is 4.52. The molecule has 0 saturated heterocycles. The fourth-order valence-corrected chi connectivity index (χ4v) is 1.06. The summed E-state index contributed by atoms with van der Waals surface area (Å²) in [6.45, 7) is 0.852. The average molecular weight is 272 g/mol. The van der Waals surface area contributed by atoms with Gasteiger partial charge in [-0.3, -0.25) is 14.4 Å². The minimum atomic E-state index is -1.59. The number of hydrogen-bond acceptors (Lipinski definition) is 3. The first-order valence-corrected chi connectivity index (χ1v) is 5.07. The average Bonchev–Trinajstić information content (AvgIpc) is 2.12. The lowest BCUT2D eigenvalue weighted by atomic mass is 9.87. The van der Waals surface area contributed by atoms with Crippen molar-refractivity contribution in [2.75, 3.05) is 6.54 Å². The van der Waals surface area contributed by atoms with Gasteiger partial charge in [0.1, 0.15) is 0 Å². The minimum absolute atomic E-state index is 0.358. The maximum absolute atomic E-state index is 11.0. The SMILES string of the molecule is CC(CNC(=O)C(Cl)Cl)(CC(=O)O)C(=O)O. The van der Waals surface area contributed by atoms with E-state index in [0.717, 1.165) is 0 Å². The highest BCUT2D eigenvalue weighted by molar-refractivity contribution is 6.53. The number of aliphatic carboxylic acids is 2. The quantitative estimate of drug-likeness (QED) is 0.610. The lowest BCUT2D eigenvalue weighted by molar-refractivity contribution is -0.154. The van der Waals surface area contributed by atoms with Crippen LogP contribution in [0.25, 0.3) is 0 Å². The molecule has 0 aliphatic heterocycles. The van der Waals surface area contributed by atoms with Gasteiger partial charge in [-0.15, -0.1) is 0 Å². The Morgan fingerprint density at radius 3 is 2.12 bits per heavy atom. The first-order valence-electron chi connectivity index (χ1n) is 4.20. The van der Waals surface area contributed by atoms with E-state index in [1.54, 1.807) is 0 Å². The van der Waals surface area contributed by atoms with E-state index in [2.05, 4.69) is 5.32 Å². The highest BCUT2D eigenvalue weighted by atomic mass is 35.5. The van der Waals surface area contributed by atoms with Gasteiger partial charge in [-0.25, -0.2) is 0 Å². The van der Waals surface area contributed by atoms with Crippen molar-refractivity contribution in [2.45, 2.75) is 18.2 Å². The van der Waals surface area contributed by atoms with Crippen molar-refractivity contribution in [2.24, 2.45) is 5.41 Å². The second-order valence-corrected chi connectivity index (χ2v) is 4.55. The number of carbonyl (C=O) groups excluding carboxylic acids is 1. The predicted molar refractivity (Wildman–Crippen MR) is 56.5 cm³/mol. The van der Waals surface area contributed by atoms with Crippen molar-refractivity contribution in [3.05, 3.63) is 0 Å². The van der Waals surface area contributed by atoms with Crippen LogP contribution in [0, 0.1) is 5.41 Å². The zero-order valence-electron chi connectivity index (χ0n) is 8.37. The van der Waals surface area contributed by atoms with E-state index >= 15 is 0 Å². The summed E-state index contributed by atoms with van der Waals surface area (Å²) >= 11 is 10.5. The molecule has 6 nitrogen and oxygen atoms in total. The molecule has 0 bridgehead atoms. The van der Waals surface area contributed by atoms with E-state index in [-0.39, 0.29) is 6.54 Å². The summed E-state index contributed by atoms with van der Waals surface area (Å²) in [4.78, 5) is 31.0. The number of hydrogen-bond donors (Lipinski definition) is 3. The van der Waals surface area contributed by atoms with Gasteiger partial charge >= 0.3 is 11.9 Å². The summed E-state index contributed by atoms with van der Waals surface area (Å²) in [6, 6.07) is 0. The molecule has 0 aromatic heterocycles. The van der Waals surface area contributed by atoms with Crippen molar-refractivity contribution in [1.29, 1.82) is 0 Å². The summed E-state index contributed by atoms with van der Waals surface area (Å²) in [5.74, 6) is -3.36. The number of amides is 1.